The van der Waals surface area contributed by atoms with E-state index >= 15 is 0 Å². The Bertz CT molecular complexity index is 662. The van der Waals surface area contributed by atoms with E-state index < -0.39 is 0 Å². The van der Waals surface area contributed by atoms with E-state index in [-0.39, 0.29) is 11.9 Å². The second-order valence-electron chi connectivity index (χ2n) is 6.82. The number of rotatable bonds is 4. The molecule has 0 radical (unpaired) electrons. The zero-order valence-electron chi connectivity index (χ0n) is 13.3. The normalized spacial score (nSPS) is 22.3. The number of hydrogen-bond acceptors (Lipinski definition) is 3. The van der Waals surface area contributed by atoms with Crippen LogP contribution < -0.4 is 0 Å². The second kappa shape index (κ2) is 5.80. The van der Waals surface area contributed by atoms with Crippen LogP contribution in [-0.4, -0.2) is 32.3 Å². The number of benzene rings is 1. The van der Waals surface area contributed by atoms with Crippen LogP contribution in [-0.2, 0) is 11.3 Å². The highest BCUT2D eigenvalue weighted by Crippen LogP contribution is 2.58. The number of hydrogen-bond donors (Lipinski definition) is 0. The molecule has 2 fully saturated rings. The van der Waals surface area contributed by atoms with Crippen LogP contribution >= 0.6 is 0 Å². The molecule has 1 aromatic heterocycles. The van der Waals surface area contributed by atoms with Crippen molar-refractivity contribution in [1.82, 2.24) is 19.9 Å². The van der Waals surface area contributed by atoms with Gasteiger partial charge in [-0.3, -0.25) is 9.48 Å². The summed E-state index contributed by atoms with van der Waals surface area (Å²) in [7, 11) is 0. The standard InChI is InChI=1S/C18H22N4O/c23-16(8-12-21-13-11-19-20-21)22-14-18(9-4-5-10-18)17(22)15-6-2-1-3-7-15/h1-3,6-7,11,13,17H,4-5,8-10,12,14H2. The molecule has 1 aromatic carbocycles. The monoisotopic (exact) mass is 310 g/mol. The van der Waals surface area contributed by atoms with E-state index in [9.17, 15) is 4.79 Å². The summed E-state index contributed by atoms with van der Waals surface area (Å²) in [6, 6.07) is 10.8. The number of nitrogens with zero attached hydrogens (tertiary/aromatic N) is 4. The molecular weight excluding hydrogens is 288 g/mol. The van der Waals surface area contributed by atoms with Gasteiger partial charge in [0.2, 0.25) is 5.91 Å². The predicted octanol–water partition coefficient (Wildman–Crippen LogP) is 2.81. The van der Waals surface area contributed by atoms with Crippen molar-refractivity contribution in [3.05, 3.63) is 48.3 Å². The number of carbonyl (C=O) groups is 1. The Morgan fingerprint density at radius 1 is 1.22 bits per heavy atom. The molecule has 5 nitrogen and oxygen atoms in total. The third kappa shape index (κ3) is 2.54. The minimum Gasteiger partial charge on any atom is -0.334 e. The first-order valence-corrected chi connectivity index (χ1v) is 8.47. The topological polar surface area (TPSA) is 51.0 Å². The van der Waals surface area contributed by atoms with Gasteiger partial charge in [0.15, 0.2) is 0 Å². The molecule has 2 aromatic rings. The maximum atomic E-state index is 12.7. The summed E-state index contributed by atoms with van der Waals surface area (Å²) in [4.78, 5) is 14.8. The lowest BCUT2D eigenvalue weighted by molar-refractivity contribution is -0.155. The highest BCUT2D eigenvalue weighted by molar-refractivity contribution is 5.78. The molecule has 4 rings (SSSR count). The van der Waals surface area contributed by atoms with Crippen molar-refractivity contribution in [3.63, 3.8) is 0 Å². The Balaban J connectivity index is 1.50. The zero-order chi connectivity index (χ0) is 15.7. The average molecular weight is 310 g/mol. The average Bonchev–Trinajstić information content (AvgIpc) is 3.24. The van der Waals surface area contributed by atoms with Crippen LogP contribution in [0.25, 0.3) is 0 Å². The molecule has 1 unspecified atom stereocenters. The van der Waals surface area contributed by atoms with E-state index in [1.54, 1.807) is 17.1 Å². The molecule has 120 valence electrons. The van der Waals surface area contributed by atoms with Gasteiger partial charge in [-0.15, -0.1) is 5.10 Å². The van der Waals surface area contributed by atoms with Gasteiger partial charge in [0.05, 0.1) is 18.8 Å². The molecule has 1 aliphatic heterocycles. The van der Waals surface area contributed by atoms with Gasteiger partial charge in [0.1, 0.15) is 0 Å². The van der Waals surface area contributed by atoms with Crippen molar-refractivity contribution >= 4 is 5.91 Å². The Hall–Kier alpha value is -2.17. The van der Waals surface area contributed by atoms with Gasteiger partial charge in [-0.25, -0.2) is 0 Å². The molecule has 1 atom stereocenters. The van der Waals surface area contributed by atoms with Crippen LogP contribution in [0, 0.1) is 5.41 Å². The molecule has 0 N–H and O–H groups in total. The van der Waals surface area contributed by atoms with Gasteiger partial charge in [-0.05, 0) is 18.4 Å². The van der Waals surface area contributed by atoms with Crippen LogP contribution in [0.4, 0.5) is 0 Å². The molecule has 5 heteroatoms. The SMILES string of the molecule is O=C(CCn1ccnn1)N1CC2(CCCC2)C1c1ccccc1. The second-order valence-corrected chi connectivity index (χ2v) is 6.82. The largest absolute Gasteiger partial charge is 0.334 e. The third-order valence-corrected chi connectivity index (χ3v) is 5.44. The lowest BCUT2D eigenvalue weighted by Gasteiger charge is -2.56. The molecule has 23 heavy (non-hydrogen) atoms. The fourth-order valence-corrected chi connectivity index (χ4v) is 4.35. The van der Waals surface area contributed by atoms with Crippen molar-refractivity contribution < 1.29 is 4.79 Å². The van der Waals surface area contributed by atoms with Gasteiger partial charge >= 0.3 is 0 Å². The summed E-state index contributed by atoms with van der Waals surface area (Å²) >= 11 is 0. The van der Waals surface area contributed by atoms with Gasteiger partial charge in [-0.2, -0.15) is 0 Å². The fourth-order valence-electron chi connectivity index (χ4n) is 4.35. The molecule has 0 bridgehead atoms. The number of amides is 1. The number of aromatic nitrogens is 3. The summed E-state index contributed by atoms with van der Waals surface area (Å²) < 4.78 is 1.72. The number of carbonyl (C=O) groups excluding carboxylic acids is 1. The van der Waals surface area contributed by atoms with Gasteiger partial charge < -0.3 is 4.90 Å². The maximum absolute atomic E-state index is 12.7. The first-order valence-electron chi connectivity index (χ1n) is 8.47. The highest BCUT2D eigenvalue weighted by atomic mass is 16.2. The lowest BCUT2D eigenvalue weighted by atomic mass is 9.67. The number of likely N-dealkylation sites (tertiary alicyclic amines) is 1. The Labute approximate surface area is 136 Å². The summed E-state index contributed by atoms with van der Waals surface area (Å²) in [5.41, 5.74) is 1.61. The minimum atomic E-state index is 0.229. The molecule has 2 aliphatic rings. The maximum Gasteiger partial charge on any atom is 0.224 e. The lowest BCUT2D eigenvalue weighted by Crippen LogP contribution is -2.59. The van der Waals surface area contributed by atoms with Crippen LogP contribution in [0.2, 0.25) is 0 Å². The number of aryl methyl sites for hydroxylation is 1. The summed E-state index contributed by atoms with van der Waals surface area (Å²) in [5.74, 6) is 0.229. The molecule has 1 saturated heterocycles. The van der Waals surface area contributed by atoms with Crippen LogP contribution in [0.15, 0.2) is 42.7 Å². The molecule has 1 saturated carbocycles. The highest BCUT2D eigenvalue weighted by Gasteiger charge is 2.55. The Kier molecular flexibility index (Phi) is 3.63. The molecular formula is C18H22N4O. The van der Waals surface area contributed by atoms with Gasteiger partial charge in [0.25, 0.3) is 0 Å². The van der Waals surface area contributed by atoms with E-state index in [0.717, 1.165) is 6.54 Å². The van der Waals surface area contributed by atoms with E-state index in [1.807, 2.05) is 6.07 Å². The first-order chi connectivity index (χ1) is 11.3. The van der Waals surface area contributed by atoms with Crippen molar-refractivity contribution in [1.29, 1.82) is 0 Å². The van der Waals surface area contributed by atoms with E-state index in [1.165, 1.54) is 31.2 Å². The van der Waals surface area contributed by atoms with Crippen LogP contribution in [0.1, 0.15) is 43.7 Å². The first kappa shape index (κ1) is 14.4. The molecule has 2 heterocycles. The Morgan fingerprint density at radius 3 is 2.70 bits per heavy atom. The van der Waals surface area contributed by atoms with Gasteiger partial charge in [0, 0.05) is 24.6 Å². The summed E-state index contributed by atoms with van der Waals surface area (Å²) in [6.07, 6.45) is 9.03. The fraction of sp³-hybridized carbons (Fsp3) is 0.500. The quantitative estimate of drug-likeness (QED) is 0.872. The van der Waals surface area contributed by atoms with Crippen LogP contribution in [0.5, 0.6) is 0 Å². The third-order valence-electron chi connectivity index (χ3n) is 5.44. The molecule has 1 spiro atoms. The van der Waals surface area contributed by atoms with E-state index in [0.29, 0.717) is 18.4 Å². The summed E-state index contributed by atoms with van der Waals surface area (Å²) in [5, 5.41) is 7.72. The van der Waals surface area contributed by atoms with E-state index in [4.69, 9.17) is 0 Å². The molecule has 1 amide bonds. The van der Waals surface area contributed by atoms with Crippen molar-refractivity contribution in [2.75, 3.05) is 6.54 Å². The zero-order valence-corrected chi connectivity index (χ0v) is 13.3. The van der Waals surface area contributed by atoms with Crippen molar-refractivity contribution in [3.8, 4) is 0 Å². The minimum absolute atomic E-state index is 0.229. The smallest absolute Gasteiger partial charge is 0.224 e. The van der Waals surface area contributed by atoms with E-state index in [2.05, 4.69) is 39.5 Å². The predicted molar refractivity (Wildman–Crippen MR) is 86.4 cm³/mol. The Morgan fingerprint density at radius 2 is 2.00 bits per heavy atom. The molecule has 1 aliphatic carbocycles. The summed E-state index contributed by atoms with van der Waals surface area (Å²) in [6.45, 7) is 1.52. The van der Waals surface area contributed by atoms with Crippen molar-refractivity contribution in [2.24, 2.45) is 5.41 Å². The van der Waals surface area contributed by atoms with Gasteiger partial charge in [-0.1, -0.05) is 48.4 Å². The van der Waals surface area contributed by atoms with Crippen molar-refractivity contribution in [2.45, 2.75) is 44.7 Å². The van der Waals surface area contributed by atoms with Crippen LogP contribution in [0.3, 0.4) is 0 Å².